The lowest BCUT2D eigenvalue weighted by Gasteiger charge is -2.37. The molecule has 2 N–H and O–H groups in total. The zero-order chi connectivity index (χ0) is 24.8. The van der Waals surface area contributed by atoms with Gasteiger partial charge in [0.25, 0.3) is 5.56 Å². The zero-order valence-electron chi connectivity index (χ0n) is 19.2. The number of aliphatic hydroxyl groups excluding tert-OH is 1. The van der Waals surface area contributed by atoms with Gasteiger partial charge in [0.1, 0.15) is 11.7 Å². The molecule has 6 rings (SSSR count). The van der Waals surface area contributed by atoms with E-state index in [1.54, 1.807) is 36.8 Å². The highest BCUT2D eigenvalue weighted by atomic mass is 32.1. The minimum absolute atomic E-state index is 0.266. The largest absolute Gasteiger partial charge is 0.374 e. The number of aromatic amines is 1. The van der Waals surface area contributed by atoms with Gasteiger partial charge in [-0.05, 0) is 30.7 Å². The summed E-state index contributed by atoms with van der Waals surface area (Å²) in [7, 11) is 0. The summed E-state index contributed by atoms with van der Waals surface area (Å²) in [5.74, 6) is -0.241. The molecule has 0 aliphatic carbocycles. The molecule has 0 aromatic carbocycles. The van der Waals surface area contributed by atoms with E-state index in [9.17, 15) is 14.3 Å². The van der Waals surface area contributed by atoms with Crippen molar-refractivity contribution < 1.29 is 9.50 Å². The summed E-state index contributed by atoms with van der Waals surface area (Å²) in [5, 5.41) is 20.8. The van der Waals surface area contributed by atoms with Crippen LogP contribution in [0.3, 0.4) is 0 Å². The molecule has 1 saturated heterocycles. The van der Waals surface area contributed by atoms with Crippen LogP contribution in [0.5, 0.6) is 0 Å². The summed E-state index contributed by atoms with van der Waals surface area (Å²) >= 11 is 1.50. The molecular formula is C23H22FN9O2S. The summed E-state index contributed by atoms with van der Waals surface area (Å²) in [6, 6.07) is 6.60. The van der Waals surface area contributed by atoms with E-state index in [1.807, 2.05) is 11.8 Å². The molecule has 0 spiro atoms. The van der Waals surface area contributed by atoms with E-state index in [2.05, 4.69) is 30.0 Å². The molecule has 184 valence electrons. The highest BCUT2D eigenvalue weighted by Gasteiger charge is 2.27. The third-order valence-corrected chi connectivity index (χ3v) is 7.46. The van der Waals surface area contributed by atoms with Crippen LogP contribution in [0.25, 0.3) is 21.9 Å². The van der Waals surface area contributed by atoms with Gasteiger partial charge in [-0.25, -0.2) is 19.2 Å². The summed E-state index contributed by atoms with van der Waals surface area (Å²) in [6.45, 7) is 4.44. The molecule has 5 aromatic rings. The molecule has 1 atom stereocenters. The number of hydrogen-bond acceptors (Lipinski definition) is 9. The molecule has 0 saturated carbocycles. The zero-order valence-corrected chi connectivity index (χ0v) is 20.1. The first-order valence-corrected chi connectivity index (χ1v) is 12.2. The Kier molecular flexibility index (Phi) is 5.59. The Labute approximate surface area is 208 Å². The third-order valence-electron chi connectivity index (χ3n) is 6.35. The van der Waals surface area contributed by atoms with Crippen LogP contribution in [-0.4, -0.2) is 70.5 Å². The molecule has 1 fully saturated rings. The maximum absolute atomic E-state index is 13.5. The highest BCUT2D eigenvalue weighted by molar-refractivity contribution is 7.18. The van der Waals surface area contributed by atoms with Crippen molar-refractivity contribution >= 4 is 22.0 Å². The Morgan fingerprint density at radius 1 is 1.17 bits per heavy atom. The van der Waals surface area contributed by atoms with Gasteiger partial charge in [-0.2, -0.15) is 9.49 Å². The van der Waals surface area contributed by atoms with Gasteiger partial charge in [-0.3, -0.25) is 14.7 Å². The van der Waals surface area contributed by atoms with Gasteiger partial charge in [0, 0.05) is 56.4 Å². The van der Waals surface area contributed by atoms with Crippen molar-refractivity contribution in [1.82, 2.24) is 39.2 Å². The second-order valence-electron chi connectivity index (χ2n) is 8.48. The van der Waals surface area contributed by atoms with Crippen molar-refractivity contribution in [2.45, 2.75) is 13.2 Å². The quantitative estimate of drug-likeness (QED) is 0.347. The number of pyridine rings is 1. The summed E-state index contributed by atoms with van der Waals surface area (Å²) in [4.78, 5) is 28.2. The van der Waals surface area contributed by atoms with Crippen LogP contribution in [0.1, 0.15) is 17.5 Å². The van der Waals surface area contributed by atoms with Crippen molar-refractivity contribution in [3.63, 3.8) is 0 Å². The molecule has 36 heavy (non-hydrogen) atoms. The number of piperazine rings is 1. The van der Waals surface area contributed by atoms with Crippen LogP contribution < -0.4 is 10.5 Å². The van der Waals surface area contributed by atoms with Crippen molar-refractivity contribution in [3.05, 3.63) is 76.6 Å². The van der Waals surface area contributed by atoms with Crippen molar-refractivity contribution in [2.75, 3.05) is 31.1 Å². The van der Waals surface area contributed by atoms with Gasteiger partial charge >= 0.3 is 0 Å². The maximum atomic E-state index is 13.5. The Hall–Kier alpha value is -3.94. The average molecular weight is 508 g/mol. The summed E-state index contributed by atoms with van der Waals surface area (Å²) in [6.07, 6.45) is 5.64. The number of nitrogens with zero attached hydrogens (tertiary/aromatic N) is 8. The smallest absolute Gasteiger partial charge is 0.276 e. The second kappa shape index (κ2) is 8.93. The fourth-order valence-electron chi connectivity index (χ4n) is 4.37. The Morgan fingerprint density at radius 3 is 2.81 bits per heavy atom. The molecule has 6 heterocycles. The Morgan fingerprint density at radius 2 is 2.00 bits per heavy atom. The van der Waals surface area contributed by atoms with Crippen LogP contribution in [0.2, 0.25) is 0 Å². The van der Waals surface area contributed by atoms with E-state index in [0.29, 0.717) is 43.0 Å². The first-order valence-electron chi connectivity index (χ1n) is 11.4. The van der Waals surface area contributed by atoms with E-state index in [-0.39, 0.29) is 11.5 Å². The summed E-state index contributed by atoms with van der Waals surface area (Å²) < 4.78 is 16.5. The fourth-order valence-corrected chi connectivity index (χ4v) is 5.34. The lowest BCUT2D eigenvalue weighted by molar-refractivity contribution is -0.00209. The summed E-state index contributed by atoms with van der Waals surface area (Å²) in [5.41, 5.74) is 2.27. The van der Waals surface area contributed by atoms with Gasteiger partial charge in [-0.15, -0.1) is 5.10 Å². The number of halogens is 1. The van der Waals surface area contributed by atoms with E-state index in [1.165, 1.54) is 32.8 Å². The van der Waals surface area contributed by atoms with Gasteiger partial charge in [-0.1, -0.05) is 11.3 Å². The maximum Gasteiger partial charge on any atom is 0.276 e. The topological polar surface area (TPSA) is 120 Å². The van der Waals surface area contributed by atoms with Gasteiger partial charge in [0.2, 0.25) is 11.9 Å². The monoisotopic (exact) mass is 507 g/mol. The fraction of sp³-hybridized carbons (Fsp3) is 0.261. The number of rotatable bonds is 5. The molecule has 11 nitrogen and oxygen atoms in total. The number of aromatic nitrogens is 7. The number of thiazole rings is 1. The molecule has 13 heteroatoms. The number of fused-ring (bicyclic) bond motifs is 1. The average Bonchev–Trinajstić information content (AvgIpc) is 3.64. The number of H-pyrrole nitrogens is 1. The molecule has 0 amide bonds. The van der Waals surface area contributed by atoms with E-state index in [0.717, 1.165) is 15.6 Å². The highest BCUT2D eigenvalue weighted by Crippen LogP contribution is 2.32. The van der Waals surface area contributed by atoms with Crippen molar-refractivity contribution in [3.8, 4) is 16.4 Å². The first-order chi connectivity index (χ1) is 17.5. The van der Waals surface area contributed by atoms with Crippen molar-refractivity contribution in [2.24, 2.45) is 0 Å². The minimum Gasteiger partial charge on any atom is -0.374 e. The van der Waals surface area contributed by atoms with E-state index < -0.39 is 12.2 Å². The molecule has 1 unspecified atom stereocenters. The molecule has 0 radical (unpaired) electrons. The molecule has 1 aliphatic heterocycles. The lowest BCUT2D eigenvalue weighted by Crippen LogP contribution is -2.47. The predicted molar refractivity (Wildman–Crippen MR) is 132 cm³/mol. The molecule has 5 aromatic heterocycles. The van der Waals surface area contributed by atoms with Crippen LogP contribution in [0, 0.1) is 12.9 Å². The van der Waals surface area contributed by atoms with E-state index >= 15 is 0 Å². The van der Waals surface area contributed by atoms with Gasteiger partial charge in [0.05, 0.1) is 16.8 Å². The normalized spacial score (nSPS) is 15.6. The molecule has 0 bridgehead atoms. The number of nitrogens with one attached hydrogen (secondary N) is 1. The Bertz CT molecular complexity index is 1600. The van der Waals surface area contributed by atoms with Gasteiger partial charge in [0.15, 0.2) is 5.13 Å². The Balaban J connectivity index is 1.15. The third kappa shape index (κ3) is 3.96. The van der Waals surface area contributed by atoms with Crippen LogP contribution in [-0.2, 0) is 0 Å². The van der Waals surface area contributed by atoms with Crippen LogP contribution in [0.15, 0.2) is 53.8 Å². The van der Waals surface area contributed by atoms with Crippen LogP contribution in [0.4, 0.5) is 9.52 Å². The number of aliphatic hydroxyl groups is 1. The SMILES string of the molecule is Cc1c(C(O)N2CCN(c3ncc(-c4ccnc(F)c4)s3)CC2)cnn1-c1nn2cccc2c(=O)[nH]1. The predicted octanol–water partition coefficient (Wildman–Crippen LogP) is 1.99. The van der Waals surface area contributed by atoms with Crippen LogP contribution >= 0.6 is 11.3 Å². The number of hydrogen-bond donors (Lipinski definition) is 2. The van der Waals surface area contributed by atoms with E-state index in [4.69, 9.17) is 0 Å². The second-order valence-corrected chi connectivity index (χ2v) is 9.49. The first kappa shape index (κ1) is 22.5. The molecular weight excluding hydrogens is 485 g/mol. The molecule has 1 aliphatic rings. The van der Waals surface area contributed by atoms with Gasteiger partial charge < -0.3 is 10.0 Å². The lowest BCUT2D eigenvalue weighted by atomic mass is 10.2. The standard InChI is InChI=1S/C23H22FN9O2S/c1-14-16(12-27-33(14)22-28-20(34)17-3-2-6-32(17)29-22)21(35)30-7-9-31(10-8-30)23-26-13-18(36-23)15-4-5-25-19(24)11-15/h2-6,11-13,21,35H,7-10H2,1H3,(H,28,29,34). The van der Waals surface area contributed by atoms with Crippen molar-refractivity contribution in [1.29, 1.82) is 0 Å². The number of anilines is 1. The minimum atomic E-state index is -0.852.